The summed E-state index contributed by atoms with van der Waals surface area (Å²) in [5.41, 5.74) is 0.924. The third kappa shape index (κ3) is 5.50. The van der Waals surface area contributed by atoms with Crippen molar-refractivity contribution in [2.24, 2.45) is 0 Å². The molecular weight excluding hydrogens is 308 g/mol. The Bertz CT molecular complexity index is 559. The Morgan fingerprint density at radius 1 is 1.25 bits per heavy atom. The van der Waals surface area contributed by atoms with Gasteiger partial charge in [-0.1, -0.05) is 18.2 Å². The summed E-state index contributed by atoms with van der Waals surface area (Å²) in [4.78, 5) is 27.8. The Kier molecular flexibility index (Phi) is 7.02. The van der Waals surface area contributed by atoms with Crippen molar-refractivity contribution in [1.29, 1.82) is 0 Å². The van der Waals surface area contributed by atoms with E-state index < -0.39 is 0 Å². The number of nitrogens with one attached hydrogen (secondary N) is 2. The van der Waals surface area contributed by atoms with Gasteiger partial charge < -0.3 is 20.3 Å². The van der Waals surface area contributed by atoms with Gasteiger partial charge in [-0.15, -0.1) is 0 Å². The molecule has 0 atom stereocenters. The number of para-hydroxylation sites is 1. The van der Waals surface area contributed by atoms with Gasteiger partial charge in [-0.2, -0.15) is 0 Å². The molecule has 0 bridgehead atoms. The van der Waals surface area contributed by atoms with Gasteiger partial charge in [0.25, 0.3) is 0 Å². The van der Waals surface area contributed by atoms with E-state index >= 15 is 0 Å². The Balaban J connectivity index is 1.74. The van der Waals surface area contributed by atoms with E-state index in [2.05, 4.69) is 10.6 Å². The van der Waals surface area contributed by atoms with Crippen LogP contribution in [0.4, 0.5) is 0 Å². The van der Waals surface area contributed by atoms with Gasteiger partial charge in [0.05, 0.1) is 20.2 Å². The molecule has 0 spiro atoms. The molecule has 2 N–H and O–H groups in total. The molecule has 1 heterocycles. The van der Waals surface area contributed by atoms with Crippen LogP contribution in [0.15, 0.2) is 24.3 Å². The van der Waals surface area contributed by atoms with Gasteiger partial charge in [0.1, 0.15) is 5.75 Å². The largest absolute Gasteiger partial charge is 0.496 e. The number of nitrogens with zero attached hydrogens (tertiary/aromatic N) is 2. The first-order valence-electron chi connectivity index (χ1n) is 8.16. The van der Waals surface area contributed by atoms with Gasteiger partial charge in [0.15, 0.2) is 0 Å². The van der Waals surface area contributed by atoms with E-state index in [-0.39, 0.29) is 24.9 Å². The van der Waals surface area contributed by atoms with Crippen molar-refractivity contribution < 1.29 is 14.3 Å². The van der Waals surface area contributed by atoms with E-state index in [1.165, 1.54) is 0 Å². The maximum Gasteiger partial charge on any atom is 0.236 e. The lowest BCUT2D eigenvalue weighted by Gasteiger charge is -2.29. The van der Waals surface area contributed by atoms with Crippen LogP contribution in [0, 0.1) is 0 Å². The van der Waals surface area contributed by atoms with Gasteiger partial charge in [0, 0.05) is 38.3 Å². The van der Waals surface area contributed by atoms with E-state index in [9.17, 15) is 9.59 Å². The number of carbonyl (C=O) groups is 2. The molecule has 1 aromatic rings. The Labute approximate surface area is 142 Å². The first kappa shape index (κ1) is 18.2. The summed E-state index contributed by atoms with van der Waals surface area (Å²) in [6.07, 6.45) is 0. The third-order valence-electron chi connectivity index (χ3n) is 3.96. The number of rotatable bonds is 7. The van der Waals surface area contributed by atoms with Crippen LogP contribution in [-0.2, 0) is 16.1 Å². The quantitative estimate of drug-likeness (QED) is 0.715. The fourth-order valence-electron chi connectivity index (χ4n) is 2.64. The second-order valence-electron chi connectivity index (χ2n) is 5.89. The second-order valence-corrected chi connectivity index (χ2v) is 5.89. The average molecular weight is 334 g/mol. The molecule has 0 unspecified atom stereocenters. The number of benzene rings is 1. The lowest BCUT2D eigenvalue weighted by Crippen LogP contribution is -2.50. The Hall–Kier alpha value is -2.12. The topological polar surface area (TPSA) is 73.9 Å². The van der Waals surface area contributed by atoms with Crippen molar-refractivity contribution in [3.05, 3.63) is 29.8 Å². The van der Waals surface area contributed by atoms with Crippen molar-refractivity contribution in [3.63, 3.8) is 0 Å². The van der Waals surface area contributed by atoms with Gasteiger partial charge >= 0.3 is 0 Å². The first-order chi connectivity index (χ1) is 11.6. The number of amides is 2. The minimum absolute atomic E-state index is 0.0662. The molecule has 1 saturated heterocycles. The molecule has 1 fully saturated rings. The molecule has 0 aromatic heterocycles. The molecule has 1 aliphatic rings. The van der Waals surface area contributed by atoms with Gasteiger partial charge in [0.2, 0.25) is 11.8 Å². The number of hydrogen-bond donors (Lipinski definition) is 2. The van der Waals surface area contributed by atoms with Crippen LogP contribution in [0.1, 0.15) is 5.56 Å². The highest BCUT2D eigenvalue weighted by Gasteiger charge is 2.18. The summed E-state index contributed by atoms with van der Waals surface area (Å²) in [7, 11) is 3.39. The summed E-state index contributed by atoms with van der Waals surface area (Å²) >= 11 is 0. The Morgan fingerprint density at radius 3 is 2.67 bits per heavy atom. The van der Waals surface area contributed by atoms with E-state index in [1.54, 1.807) is 19.1 Å². The first-order valence-corrected chi connectivity index (χ1v) is 8.16. The maximum absolute atomic E-state index is 12.2. The van der Waals surface area contributed by atoms with E-state index in [1.807, 2.05) is 29.2 Å². The van der Waals surface area contributed by atoms with E-state index in [4.69, 9.17) is 4.74 Å². The SMILES string of the molecule is COc1ccccc1CNC(=O)CN(C)CC(=O)N1CCNCC1. The molecule has 2 rings (SSSR count). The molecule has 1 aromatic carbocycles. The zero-order valence-corrected chi connectivity index (χ0v) is 14.4. The van der Waals surface area contributed by atoms with Crippen LogP contribution in [0.5, 0.6) is 5.75 Å². The van der Waals surface area contributed by atoms with Gasteiger partial charge in [-0.3, -0.25) is 14.5 Å². The molecule has 0 radical (unpaired) electrons. The second kappa shape index (κ2) is 9.24. The fraction of sp³-hybridized carbons (Fsp3) is 0.529. The molecule has 24 heavy (non-hydrogen) atoms. The molecule has 0 aliphatic carbocycles. The zero-order valence-electron chi connectivity index (χ0n) is 14.4. The summed E-state index contributed by atoms with van der Waals surface area (Å²) < 4.78 is 5.26. The van der Waals surface area contributed by atoms with Gasteiger partial charge in [-0.25, -0.2) is 0 Å². The summed E-state index contributed by atoms with van der Waals surface area (Å²) in [6, 6.07) is 7.57. The van der Waals surface area contributed by atoms with Gasteiger partial charge in [-0.05, 0) is 13.1 Å². The smallest absolute Gasteiger partial charge is 0.236 e. The number of carbonyl (C=O) groups excluding carboxylic acids is 2. The van der Waals surface area contributed by atoms with E-state index in [0.29, 0.717) is 6.54 Å². The molecule has 7 nitrogen and oxygen atoms in total. The predicted octanol–water partition coefficient (Wildman–Crippen LogP) is -0.325. The molecular formula is C17H26N4O3. The van der Waals surface area contributed by atoms with Crippen molar-refractivity contribution in [2.75, 3.05) is 53.4 Å². The number of likely N-dealkylation sites (N-methyl/N-ethyl adjacent to an activating group) is 1. The van der Waals surface area contributed by atoms with Crippen molar-refractivity contribution in [3.8, 4) is 5.75 Å². The molecule has 7 heteroatoms. The normalized spacial score (nSPS) is 14.5. The summed E-state index contributed by atoms with van der Waals surface area (Å²) in [6.45, 7) is 3.96. The molecule has 132 valence electrons. The highest BCUT2D eigenvalue weighted by molar-refractivity contribution is 5.81. The van der Waals surface area contributed by atoms with Crippen LogP contribution in [0.3, 0.4) is 0 Å². The minimum atomic E-state index is -0.114. The van der Waals surface area contributed by atoms with Crippen molar-refractivity contribution >= 4 is 11.8 Å². The van der Waals surface area contributed by atoms with Crippen LogP contribution in [0.2, 0.25) is 0 Å². The molecule has 0 saturated carbocycles. The lowest BCUT2D eigenvalue weighted by atomic mass is 10.2. The average Bonchev–Trinajstić information content (AvgIpc) is 2.60. The predicted molar refractivity (Wildman–Crippen MR) is 91.8 cm³/mol. The summed E-state index contributed by atoms with van der Waals surface area (Å²) in [5, 5.41) is 6.08. The van der Waals surface area contributed by atoms with Crippen LogP contribution in [-0.4, -0.2) is 75.0 Å². The number of piperazine rings is 1. The number of methoxy groups -OCH3 is 1. The molecule has 2 amide bonds. The van der Waals surface area contributed by atoms with Crippen molar-refractivity contribution in [2.45, 2.75) is 6.54 Å². The number of ether oxygens (including phenoxy) is 1. The number of hydrogen-bond acceptors (Lipinski definition) is 5. The van der Waals surface area contributed by atoms with Crippen LogP contribution >= 0.6 is 0 Å². The van der Waals surface area contributed by atoms with E-state index in [0.717, 1.165) is 37.5 Å². The monoisotopic (exact) mass is 334 g/mol. The Morgan fingerprint density at radius 2 is 1.96 bits per heavy atom. The van der Waals surface area contributed by atoms with Crippen LogP contribution in [0.25, 0.3) is 0 Å². The maximum atomic E-state index is 12.2. The standard InChI is InChI=1S/C17H26N4O3/c1-20(13-17(23)21-9-7-18-8-10-21)12-16(22)19-11-14-5-3-4-6-15(14)24-2/h3-6,18H,7-13H2,1-2H3,(H,19,22). The fourth-order valence-corrected chi connectivity index (χ4v) is 2.64. The van der Waals surface area contributed by atoms with Crippen LogP contribution < -0.4 is 15.4 Å². The zero-order chi connectivity index (χ0) is 17.4. The summed E-state index contributed by atoms with van der Waals surface area (Å²) in [5.74, 6) is 0.702. The highest BCUT2D eigenvalue weighted by Crippen LogP contribution is 2.16. The third-order valence-corrected chi connectivity index (χ3v) is 3.96. The lowest BCUT2D eigenvalue weighted by molar-refractivity contribution is -0.133. The minimum Gasteiger partial charge on any atom is -0.496 e. The highest BCUT2D eigenvalue weighted by atomic mass is 16.5. The molecule has 1 aliphatic heterocycles. The van der Waals surface area contributed by atoms with Crippen molar-refractivity contribution in [1.82, 2.24) is 20.4 Å².